The minimum Gasteiger partial charge on any atom is -0.497 e. The maximum atomic E-state index is 12.4. The third-order valence-electron chi connectivity index (χ3n) is 6.93. The van der Waals surface area contributed by atoms with Gasteiger partial charge in [-0.1, -0.05) is 75.4 Å². The molecule has 4 aromatic rings. The van der Waals surface area contributed by atoms with Gasteiger partial charge in [-0.15, -0.1) is 0 Å². The van der Waals surface area contributed by atoms with Crippen LogP contribution < -0.4 is 9.47 Å². The van der Waals surface area contributed by atoms with Crippen molar-refractivity contribution in [3.8, 4) is 39.7 Å². The standard InChI is InChI=1S/C33H38N2O4S/c1-4-5-6-7-8-12-15-29(32(36)37)40-33-34-30(24-16-20-27(38-2)21-17-24)31(25-18-22-28(39-3)23-19-25)35(33)26-13-10-9-11-14-26/h9-11,13-14,16-23,29H,4-8,12,15H2,1-3H3,(H,36,37). The number of carbonyl (C=O) groups is 1. The van der Waals surface area contributed by atoms with Crippen molar-refractivity contribution in [1.82, 2.24) is 9.55 Å². The second-order valence-corrected chi connectivity index (χ2v) is 10.9. The first-order valence-corrected chi connectivity index (χ1v) is 14.8. The molecule has 0 bridgehead atoms. The number of nitrogens with zero attached hydrogens (tertiary/aromatic N) is 2. The van der Waals surface area contributed by atoms with Crippen LogP contribution in [0.4, 0.5) is 0 Å². The summed E-state index contributed by atoms with van der Waals surface area (Å²) in [5.41, 5.74) is 4.48. The van der Waals surface area contributed by atoms with E-state index in [0.29, 0.717) is 11.6 Å². The summed E-state index contributed by atoms with van der Waals surface area (Å²) < 4.78 is 12.9. The minimum atomic E-state index is -0.807. The van der Waals surface area contributed by atoms with E-state index in [-0.39, 0.29) is 0 Å². The monoisotopic (exact) mass is 558 g/mol. The first kappa shape index (κ1) is 29.3. The van der Waals surface area contributed by atoms with E-state index in [9.17, 15) is 9.90 Å². The Morgan fingerprint density at radius 1 is 0.825 bits per heavy atom. The van der Waals surface area contributed by atoms with Crippen molar-refractivity contribution >= 4 is 17.7 Å². The number of imidazole rings is 1. The van der Waals surface area contributed by atoms with Crippen molar-refractivity contribution in [2.45, 2.75) is 62.3 Å². The highest BCUT2D eigenvalue weighted by Crippen LogP contribution is 2.40. The summed E-state index contributed by atoms with van der Waals surface area (Å²) in [5.74, 6) is 0.717. The van der Waals surface area contributed by atoms with Gasteiger partial charge in [0.2, 0.25) is 0 Å². The highest BCUT2D eigenvalue weighted by Gasteiger charge is 2.27. The molecule has 40 heavy (non-hydrogen) atoms. The first-order chi connectivity index (χ1) is 19.5. The third-order valence-corrected chi connectivity index (χ3v) is 8.14. The van der Waals surface area contributed by atoms with Crippen molar-refractivity contribution < 1.29 is 19.4 Å². The number of benzene rings is 3. The van der Waals surface area contributed by atoms with Crippen LogP contribution in [0.2, 0.25) is 0 Å². The molecule has 0 aliphatic carbocycles. The van der Waals surface area contributed by atoms with Crippen LogP contribution in [-0.2, 0) is 4.79 Å². The van der Waals surface area contributed by atoms with Gasteiger partial charge in [-0.05, 0) is 67.1 Å². The predicted octanol–water partition coefficient (Wildman–Crippen LogP) is 8.52. The second-order valence-electron chi connectivity index (χ2n) is 9.72. The molecule has 0 saturated heterocycles. The normalized spacial score (nSPS) is 11.8. The van der Waals surface area contributed by atoms with E-state index < -0.39 is 11.2 Å². The number of para-hydroxylation sites is 1. The van der Waals surface area contributed by atoms with Gasteiger partial charge in [-0.3, -0.25) is 9.36 Å². The van der Waals surface area contributed by atoms with E-state index in [0.717, 1.165) is 59.0 Å². The van der Waals surface area contributed by atoms with Gasteiger partial charge in [0.1, 0.15) is 16.7 Å². The number of hydrogen-bond donors (Lipinski definition) is 1. The zero-order valence-electron chi connectivity index (χ0n) is 23.5. The summed E-state index contributed by atoms with van der Waals surface area (Å²) in [6, 6.07) is 25.7. The highest BCUT2D eigenvalue weighted by molar-refractivity contribution is 8.00. The fourth-order valence-electron chi connectivity index (χ4n) is 4.73. The van der Waals surface area contributed by atoms with Crippen LogP contribution in [0.1, 0.15) is 51.9 Å². The van der Waals surface area contributed by atoms with Crippen LogP contribution in [0.5, 0.6) is 11.5 Å². The summed E-state index contributed by atoms with van der Waals surface area (Å²) in [5, 5.41) is 10.2. The molecule has 4 rings (SSSR count). The number of aliphatic carboxylic acids is 1. The Hall–Kier alpha value is -3.71. The molecule has 3 aromatic carbocycles. The summed E-state index contributed by atoms with van der Waals surface area (Å²) >= 11 is 1.33. The number of ether oxygens (including phenoxy) is 2. The quantitative estimate of drug-likeness (QED) is 0.116. The van der Waals surface area contributed by atoms with Crippen LogP contribution >= 0.6 is 11.8 Å². The van der Waals surface area contributed by atoms with Gasteiger partial charge < -0.3 is 14.6 Å². The Morgan fingerprint density at radius 2 is 1.40 bits per heavy atom. The largest absolute Gasteiger partial charge is 0.497 e. The summed E-state index contributed by atoms with van der Waals surface area (Å²) in [6.45, 7) is 2.20. The van der Waals surface area contributed by atoms with Crippen molar-refractivity contribution in [1.29, 1.82) is 0 Å². The number of carboxylic acid groups (broad SMARTS) is 1. The number of rotatable bonds is 15. The molecule has 1 aromatic heterocycles. The Bertz CT molecular complexity index is 1350. The van der Waals surface area contributed by atoms with E-state index in [4.69, 9.17) is 14.5 Å². The first-order valence-electron chi connectivity index (χ1n) is 13.9. The average molecular weight is 559 g/mol. The number of thioether (sulfide) groups is 1. The van der Waals surface area contributed by atoms with E-state index in [1.807, 2.05) is 78.9 Å². The molecular weight excluding hydrogens is 520 g/mol. The van der Waals surface area contributed by atoms with Crippen molar-refractivity contribution in [3.63, 3.8) is 0 Å². The number of unbranched alkanes of at least 4 members (excludes halogenated alkanes) is 5. The molecule has 0 radical (unpaired) electrons. The fraction of sp³-hybridized carbons (Fsp3) is 0.333. The Kier molecular flexibility index (Phi) is 10.7. The van der Waals surface area contributed by atoms with Crippen LogP contribution in [-0.4, -0.2) is 40.1 Å². The smallest absolute Gasteiger partial charge is 0.317 e. The molecule has 210 valence electrons. The van der Waals surface area contributed by atoms with Crippen LogP contribution in [0.15, 0.2) is 84.0 Å². The number of hydrogen-bond acceptors (Lipinski definition) is 5. The molecule has 0 amide bonds. The molecule has 1 unspecified atom stereocenters. The SMILES string of the molecule is CCCCCCCCC(Sc1nc(-c2ccc(OC)cc2)c(-c2ccc(OC)cc2)n1-c1ccccc1)C(=O)O. The van der Waals surface area contributed by atoms with Crippen molar-refractivity contribution in [2.24, 2.45) is 0 Å². The maximum Gasteiger partial charge on any atom is 0.317 e. The zero-order valence-corrected chi connectivity index (χ0v) is 24.3. The number of carboxylic acids is 1. The number of aromatic nitrogens is 2. The van der Waals surface area contributed by atoms with Gasteiger partial charge >= 0.3 is 5.97 Å². The highest BCUT2D eigenvalue weighted by atomic mass is 32.2. The molecular formula is C33H38N2O4S. The van der Waals surface area contributed by atoms with Gasteiger partial charge in [0.25, 0.3) is 0 Å². The van der Waals surface area contributed by atoms with Gasteiger partial charge in [0.15, 0.2) is 5.16 Å². The molecule has 1 N–H and O–H groups in total. The van der Waals surface area contributed by atoms with E-state index in [2.05, 4.69) is 11.5 Å². The zero-order chi connectivity index (χ0) is 28.3. The lowest BCUT2D eigenvalue weighted by atomic mass is 10.0. The molecule has 0 aliphatic heterocycles. The van der Waals surface area contributed by atoms with E-state index in [1.54, 1.807) is 14.2 Å². The van der Waals surface area contributed by atoms with Gasteiger partial charge in [-0.2, -0.15) is 0 Å². The molecule has 6 nitrogen and oxygen atoms in total. The van der Waals surface area contributed by atoms with Crippen molar-refractivity contribution in [3.05, 3.63) is 78.9 Å². The Balaban J connectivity index is 1.80. The third kappa shape index (κ3) is 7.27. The predicted molar refractivity (Wildman–Crippen MR) is 163 cm³/mol. The lowest BCUT2D eigenvalue weighted by Gasteiger charge is -2.16. The topological polar surface area (TPSA) is 73.6 Å². The van der Waals surface area contributed by atoms with E-state index >= 15 is 0 Å². The van der Waals surface area contributed by atoms with Crippen molar-refractivity contribution in [2.75, 3.05) is 14.2 Å². The molecule has 7 heteroatoms. The summed E-state index contributed by atoms with van der Waals surface area (Å²) in [7, 11) is 3.29. The Morgan fingerprint density at radius 3 is 1.98 bits per heavy atom. The number of methoxy groups -OCH3 is 2. The van der Waals surface area contributed by atoms with Gasteiger partial charge in [-0.25, -0.2) is 4.98 Å². The average Bonchev–Trinajstić information content (AvgIpc) is 3.37. The van der Waals surface area contributed by atoms with Gasteiger partial charge in [0, 0.05) is 16.8 Å². The summed E-state index contributed by atoms with van der Waals surface area (Å²) in [6.07, 6.45) is 7.31. The molecule has 1 heterocycles. The molecule has 0 fully saturated rings. The van der Waals surface area contributed by atoms with Gasteiger partial charge in [0.05, 0.1) is 25.6 Å². The summed E-state index contributed by atoms with van der Waals surface area (Å²) in [4.78, 5) is 17.5. The van der Waals surface area contributed by atoms with E-state index in [1.165, 1.54) is 31.0 Å². The fourth-order valence-corrected chi connectivity index (χ4v) is 5.82. The Labute approximate surface area is 241 Å². The molecule has 1 atom stereocenters. The molecule has 0 aliphatic rings. The van der Waals surface area contributed by atoms with Crippen LogP contribution in [0.25, 0.3) is 28.2 Å². The molecule has 0 spiro atoms. The minimum absolute atomic E-state index is 0.594. The second kappa shape index (κ2) is 14.6. The lowest BCUT2D eigenvalue weighted by molar-refractivity contribution is -0.136. The van der Waals surface area contributed by atoms with Crippen LogP contribution in [0, 0.1) is 0 Å². The maximum absolute atomic E-state index is 12.4. The lowest BCUT2D eigenvalue weighted by Crippen LogP contribution is -2.17. The van der Waals surface area contributed by atoms with Crippen LogP contribution in [0.3, 0.4) is 0 Å². The molecule has 0 saturated carbocycles.